The number of pyridine rings is 1. The maximum atomic E-state index is 13.2. The summed E-state index contributed by atoms with van der Waals surface area (Å²) in [5.41, 5.74) is 0.175. The molecule has 102 valence electrons. The molecule has 0 saturated heterocycles. The highest BCUT2D eigenvalue weighted by molar-refractivity contribution is 5.98. The summed E-state index contributed by atoms with van der Waals surface area (Å²) in [6.45, 7) is 4.31. The lowest BCUT2D eigenvalue weighted by Gasteiger charge is -2.22. The van der Waals surface area contributed by atoms with E-state index < -0.39 is 5.82 Å². The Bertz CT molecular complexity index is 498. The van der Waals surface area contributed by atoms with E-state index in [0.717, 1.165) is 12.3 Å². The Morgan fingerprint density at radius 3 is 2.89 bits per heavy atom. The topological polar surface area (TPSA) is 69.0 Å². The van der Waals surface area contributed by atoms with Crippen molar-refractivity contribution >= 4 is 11.7 Å². The van der Waals surface area contributed by atoms with Crippen molar-refractivity contribution in [1.29, 1.82) is 5.26 Å². The standard InChI is InChI=1S/C13H17FN4O/c1-4-18(8-9(2)6-15)13(19)11-5-10(14)7-17-12(11)16-3/h5,7,9H,4,8H2,1-3H3,(H,16,17). The molecule has 0 aliphatic carbocycles. The van der Waals surface area contributed by atoms with E-state index in [1.165, 1.54) is 4.90 Å². The number of anilines is 1. The summed E-state index contributed by atoms with van der Waals surface area (Å²) in [5.74, 6) is -0.842. The van der Waals surface area contributed by atoms with Crippen LogP contribution in [0.5, 0.6) is 0 Å². The van der Waals surface area contributed by atoms with Crippen LogP contribution >= 0.6 is 0 Å². The Kier molecular flexibility index (Phi) is 5.24. The SMILES string of the molecule is CCN(CC(C)C#N)C(=O)c1cc(F)cnc1NC. The number of hydrogen-bond acceptors (Lipinski definition) is 4. The molecule has 6 heteroatoms. The molecule has 0 aliphatic rings. The quantitative estimate of drug-likeness (QED) is 0.881. The second kappa shape index (κ2) is 6.69. The summed E-state index contributed by atoms with van der Waals surface area (Å²) < 4.78 is 13.2. The van der Waals surface area contributed by atoms with Gasteiger partial charge in [0.2, 0.25) is 0 Å². The number of nitriles is 1. The minimum atomic E-state index is -0.563. The summed E-state index contributed by atoms with van der Waals surface area (Å²) in [4.78, 5) is 17.7. The Labute approximate surface area is 112 Å². The van der Waals surface area contributed by atoms with E-state index in [-0.39, 0.29) is 17.4 Å². The van der Waals surface area contributed by atoms with Crippen molar-refractivity contribution in [3.63, 3.8) is 0 Å². The molecule has 1 aromatic heterocycles. The smallest absolute Gasteiger partial charge is 0.257 e. The number of carbonyl (C=O) groups excluding carboxylic acids is 1. The molecular formula is C13H17FN4O. The molecule has 1 unspecified atom stereocenters. The molecule has 1 aromatic rings. The van der Waals surface area contributed by atoms with Crippen molar-refractivity contribution < 1.29 is 9.18 Å². The van der Waals surface area contributed by atoms with E-state index >= 15 is 0 Å². The molecular weight excluding hydrogens is 247 g/mol. The maximum Gasteiger partial charge on any atom is 0.257 e. The van der Waals surface area contributed by atoms with Gasteiger partial charge in [-0.2, -0.15) is 5.26 Å². The fraction of sp³-hybridized carbons (Fsp3) is 0.462. The first-order valence-electron chi connectivity index (χ1n) is 6.05. The number of halogens is 1. The molecule has 0 aromatic carbocycles. The third-order valence-corrected chi connectivity index (χ3v) is 2.71. The second-order valence-electron chi connectivity index (χ2n) is 4.17. The van der Waals surface area contributed by atoms with Crippen LogP contribution in [0.2, 0.25) is 0 Å². The third kappa shape index (κ3) is 3.65. The summed E-state index contributed by atoms with van der Waals surface area (Å²) >= 11 is 0. The monoisotopic (exact) mass is 264 g/mol. The van der Waals surface area contributed by atoms with E-state index in [4.69, 9.17) is 5.26 Å². The Balaban J connectivity index is 3.03. The summed E-state index contributed by atoms with van der Waals surface area (Å²) in [7, 11) is 1.62. The average Bonchev–Trinajstić information content (AvgIpc) is 2.43. The number of carbonyl (C=O) groups is 1. The number of rotatable bonds is 5. The van der Waals surface area contributed by atoms with Gasteiger partial charge in [-0.25, -0.2) is 9.37 Å². The molecule has 0 radical (unpaired) electrons. The molecule has 0 aliphatic heterocycles. The molecule has 1 atom stereocenters. The van der Waals surface area contributed by atoms with E-state index in [0.29, 0.717) is 18.9 Å². The number of aromatic nitrogens is 1. The van der Waals surface area contributed by atoms with E-state index in [1.807, 2.05) is 6.92 Å². The molecule has 0 bridgehead atoms. The summed E-state index contributed by atoms with van der Waals surface area (Å²) in [6, 6.07) is 3.23. The molecule has 1 amide bonds. The first kappa shape index (κ1) is 14.9. The minimum Gasteiger partial charge on any atom is -0.372 e. The van der Waals surface area contributed by atoms with Crippen LogP contribution in [0.15, 0.2) is 12.3 Å². The largest absolute Gasteiger partial charge is 0.372 e. The fourth-order valence-electron chi connectivity index (χ4n) is 1.70. The van der Waals surface area contributed by atoms with Crippen LogP contribution in [-0.2, 0) is 0 Å². The molecule has 0 fully saturated rings. The molecule has 0 saturated carbocycles. The molecule has 5 nitrogen and oxygen atoms in total. The first-order chi connectivity index (χ1) is 9.03. The zero-order chi connectivity index (χ0) is 14.4. The van der Waals surface area contributed by atoms with Gasteiger partial charge in [-0.1, -0.05) is 0 Å². The van der Waals surface area contributed by atoms with E-state index in [1.54, 1.807) is 14.0 Å². The fourth-order valence-corrected chi connectivity index (χ4v) is 1.70. The van der Waals surface area contributed by atoms with Crippen molar-refractivity contribution in [2.24, 2.45) is 5.92 Å². The van der Waals surface area contributed by atoms with Gasteiger partial charge in [0.1, 0.15) is 11.6 Å². The highest BCUT2D eigenvalue weighted by Crippen LogP contribution is 2.16. The van der Waals surface area contributed by atoms with Crippen LogP contribution in [0.1, 0.15) is 24.2 Å². The van der Waals surface area contributed by atoms with Gasteiger partial charge in [0.05, 0.1) is 23.7 Å². The van der Waals surface area contributed by atoms with Crippen LogP contribution in [0.3, 0.4) is 0 Å². The Hall–Kier alpha value is -2.16. The number of nitrogens with zero attached hydrogens (tertiary/aromatic N) is 3. The van der Waals surface area contributed by atoms with Crippen molar-refractivity contribution in [3.8, 4) is 6.07 Å². The normalized spacial score (nSPS) is 11.5. The van der Waals surface area contributed by atoms with Crippen LogP contribution in [0.4, 0.5) is 10.2 Å². The van der Waals surface area contributed by atoms with Crippen molar-refractivity contribution in [3.05, 3.63) is 23.6 Å². The van der Waals surface area contributed by atoms with Crippen molar-refractivity contribution in [1.82, 2.24) is 9.88 Å². The molecule has 0 spiro atoms. The number of hydrogen-bond donors (Lipinski definition) is 1. The highest BCUT2D eigenvalue weighted by atomic mass is 19.1. The van der Waals surface area contributed by atoms with Gasteiger partial charge < -0.3 is 10.2 Å². The lowest BCUT2D eigenvalue weighted by atomic mass is 10.1. The van der Waals surface area contributed by atoms with Gasteiger partial charge >= 0.3 is 0 Å². The van der Waals surface area contributed by atoms with Gasteiger partial charge in [0, 0.05) is 20.1 Å². The lowest BCUT2D eigenvalue weighted by molar-refractivity contribution is 0.0753. The van der Waals surface area contributed by atoms with Gasteiger partial charge in [-0.15, -0.1) is 0 Å². The minimum absolute atomic E-state index is 0.175. The van der Waals surface area contributed by atoms with Crippen molar-refractivity contribution in [2.75, 3.05) is 25.5 Å². The van der Waals surface area contributed by atoms with Gasteiger partial charge in [0.25, 0.3) is 5.91 Å². The van der Waals surface area contributed by atoms with Gasteiger partial charge in [-0.3, -0.25) is 4.79 Å². The van der Waals surface area contributed by atoms with Gasteiger partial charge in [-0.05, 0) is 19.9 Å². The molecule has 1 N–H and O–H groups in total. The summed E-state index contributed by atoms with van der Waals surface area (Å²) in [6.07, 6.45) is 1.05. The lowest BCUT2D eigenvalue weighted by Crippen LogP contribution is -2.34. The number of amides is 1. The third-order valence-electron chi connectivity index (χ3n) is 2.71. The van der Waals surface area contributed by atoms with Crippen molar-refractivity contribution in [2.45, 2.75) is 13.8 Å². The Morgan fingerprint density at radius 1 is 1.68 bits per heavy atom. The maximum absolute atomic E-state index is 13.2. The second-order valence-corrected chi connectivity index (χ2v) is 4.17. The van der Waals surface area contributed by atoms with E-state index in [9.17, 15) is 9.18 Å². The van der Waals surface area contributed by atoms with E-state index in [2.05, 4.69) is 16.4 Å². The van der Waals surface area contributed by atoms with Crippen LogP contribution in [0.25, 0.3) is 0 Å². The summed E-state index contributed by atoms with van der Waals surface area (Å²) in [5, 5.41) is 11.6. The number of nitrogens with one attached hydrogen (secondary N) is 1. The van der Waals surface area contributed by atoms with Gasteiger partial charge in [0.15, 0.2) is 0 Å². The highest BCUT2D eigenvalue weighted by Gasteiger charge is 2.20. The zero-order valence-electron chi connectivity index (χ0n) is 11.3. The first-order valence-corrected chi connectivity index (χ1v) is 6.05. The van der Waals surface area contributed by atoms with Crippen LogP contribution in [-0.4, -0.2) is 35.9 Å². The van der Waals surface area contributed by atoms with Crippen LogP contribution < -0.4 is 5.32 Å². The molecule has 1 rings (SSSR count). The zero-order valence-corrected chi connectivity index (χ0v) is 11.3. The molecule has 1 heterocycles. The predicted octanol–water partition coefficient (Wildman–Crippen LogP) is 1.88. The molecule has 19 heavy (non-hydrogen) atoms. The average molecular weight is 264 g/mol. The predicted molar refractivity (Wildman–Crippen MR) is 70.1 cm³/mol. The van der Waals surface area contributed by atoms with Crippen LogP contribution in [0, 0.1) is 23.1 Å². The Morgan fingerprint density at radius 2 is 2.37 bits per heavy atom.